The van der Waals surface area contributed by atoms with Gasteiger partial charge < -0.3 is 0 Å². The Labute approximate surface area is 115 Å². The van der Waals surface area contributed by atoms with Gasteiger partial charge in [0.15, 0.2) is 5.78 Å². The molecule has 20 heavy (non-hydrogen) atoms. The van der Waals surface area contributed by atoms with Crippen molar-refractivity contribution in [2.45, 2.75) is 6.92 Å². The van der Waals surface area contributed by atoms with Crippen molar-refractivity contribution in [2.24, 2.45) is 0 Å². The van der Waals surface area contributed by atoms with Gasteiger partial charge in [0.05, 0.1) is 5.52 Å². The normalized spacial score (nSPS) is 10.7. The fourth-order valence-electron chi connectivity index (χ4n) is 2.18. The lowest BCUT2D eigenvalue weighted by Crippen LogP contribution is -2.04. The number of carbonyl (C=O) groups excluding carboxylic acids is 1. The summed E-state index contributed by atoms with van der Waals surface area (Å²) < 4.78 is 13.6. The van der Waals surface area contributed by atoms with Gasteiger partial charge in [-0.05, 0) is 30.7 Å². The highest BCUT2D eigenvalue weighted by Gasteiger charge is 2.14. The largest absolute Gasteiger partial charge is 0.289 e. The van der Waals surface area contributed by atoms with Crippen LogP contribution >= 0.6 is 0 Å². The number of fused-ring (bicyclic) bond motifs is 1. The summed E-state index contributed by atoms with van der Waals surface area (Å²) in [6, 6.07) is 13.7. The second kappa shape index (κ2) is 4.85. The van der Waals surface area contributed by atoms with E-state index in [0.29, 0.717) is 22.2 Å². The van der Waals surface area contributed by atoms with Crippen LogP contribution < -0.4 is 0 Å². The van der Waals surface area contributed by atoms with Crippen LogP contribution in [0, 0.1) is 12.7 Å². The summed E-state index contributed by atoms with van der Waals surface area (Å²) in [5.41, 5.74) is 2.00. The number of para-hydroxylation sites is 1. The Balaban J connectivity index is 2.15. The van der Waals surface area contributed by atoms with Crippen LogP contribution in [0.15, 0.2) is 54.7 Å². The quantitative estimate of drug-likeness (QED) is 0.657. The van der Waals surface area contributed by atoms with Gasteiger partial charge >= 0.3 is 0 Å². The Morgan fingerprint density at radius 3 is 2.70 bits per heavy atom. The molecule has 1 heterocycles. The number of nitrogens with zero attached hydrogens (tertiary/aromatic N) is 1. The molecule has 0 aliphatic carbocycles. The summed E-state index contributed by atoms with van der Waals surface area (Å²) in [4.78, 5) is 16.8. The van der Waals surface area contributed by atoms with Crippen molar-refractivity contribution >= 4 is 16.7 Å². The number of carbonyl (C=O) groups is 1. The smallest absolute Gasteiger partial charge is 0.195 e. The molecular weight excluding hydrogens is 253 g/mol. The fourth-order valence-corrected chi connectivity index (χ4v) is 2.18. The van der Waals surface area contributed by atoms with E-state index in [1.165, 1.54) is 6.07 Å². The van der Waals surface area contributed by atoms with Crippen LogP contribution in [0.3, 0.4) is 0 Å². The van der Waals surface area contributed by atoms with E-state index in [1.54, 1.807) is 31.3 Å². The van der Waals surface area contributed by atoms with Crippen LogP contribution in [-0.2, 0) is 0 Å². The number of hydrogen-bond donors (Lipinski definition) is 0. The third-order valence-electron chi connectivity index (χ3n) is 3.31. The summed E-state index contributed by atoms with van der Waals surface area (Å²) in [7, 11) is 0. The lowest BCUT2D eigenvalue weighted by atomic mass is 9.99. The molecule has 98 valence electrons. The molecule has 0 atom stereocenters. The Hall–Kier alpha value is -2.55. The maximum Gasteiger partial charge on any atom is 0.195 e. The van der Waals surface area contributed by atoms with Gasteiger partial charge in [-0.25, -0.2) is 4.39 Å². The molecule has 1 aromatic heterocycles. The Morgan fingerprint density at radius 1 is 1.10 bits per heavy atom. The Kier molecular flexibility index (Phi) is 3.03. The molecule has 3 rings (SSSR count). The monoisotopic (exact) mass is 265 g/mol. The van der Waals surface area contributed by atoms with Crippen LogP contribution in [0.1, 0.15) is 21.5 Å². The summed E-state index contributed by atoms with van der Waals surface area (Å²) in [5, 5.41) is 0.894. The van der Waals surface area contributed by atoms with Gasteiger partial charge in [-0.3, -0.25) is 9.78 Å². The maximum absolute atomic E-state index is 13.6. The van der Waals surface area contributed by atoms with Gasteiger partial charge in [0.2, 0.25) is 0 Å². The number of rotatable bonds is 2. The first kappa shape index (κ1) is 12.5. The number of halogens is 1. The number of pyridine rings is 1. The second-order valence-electron chi connectivity index (χ2n) is 4.67. The van der Waals surface area contributed by atoms with E-state index in [0.717, 1.165) is 5.39 Å². The second-order valence-corrected chi connectivity index (χ2v) is 4.67. The highest BCUT2D eigenvalue weighted by molar-refractivity contribution is 6.15. The van der Waals surface area contributed by atoms with Crippen LogP contribution in [0.25, 0.3) is 10.9 Å². The minimum Gasteiger partial charge on any atom is -0.289 e. The lowest BCUT2D eigenvalue weighted by Gasteiger charge is -2.06. The number of aryl methyl sites for hydroxylation is 1. The first-order valence-corrected chi connectivity index (χ1v) is 6.31. The summed E-state index contributed by atoms with van der Waals surface area (Å²) in [5.74, 6) is -0.586. The number of benzene rings is 2. The molecule has 0 fully saturated rings. The molecule has 0 saturated carbocycles. The standard InChI is InChI=1S/C17H12FNO/c1-11-7-8-13(10-15(11)18)17(20)14-6-2-4-12-5-3-9-19-16(12)14/h2-10H,1H3. The Morgan fingerprint density at radius 2 is 1.90 bits per heavy atom. The maximum atomic E-state index is 13.6. The van der Waals surface area contributed by atoms with Gasteiger partial charge in [-0.2, -0.15) is 0 Å². The van der Waals surface area contributed by atoms with Crippen LogP contribution in [-0.4, -0.2) is 10.8 Å². The molecule has 2 nitrogen and oxygen atoms in total. The number of aromatic nitrogens is 1. The van der Waals surface area contributed by atoms with Crippen molar-refractivity contribution in [1.29, 1.82) is 0 Å². The van der Waals surface area contributed by atoms with Crippen LogP contribution in [0.5, 0.6) is 0 Å². The highest BCUT2D eigenvalue weighted by Crippen LogP contribution is 2.20. The zero-order valence-corrected chi connectivity index (χ0v) is 10.9. The topological polar surface area (TPSA) is 30.0 Å². The lowest BCUT2D eigenvalue weighted by molar-refractivity contribution is 0.103. The molecule has 3 heteroatoms. The minimum atomic E-state index is -0.371. The van der Waals surface area contributed by atoms with Crippen molar-refractivity contribution in [2.75, 3.05) is 0 Å². The predicted octanol–water partition coefficient (Wildman–Crippen LogP) is 3.91. The van der Waals surface area contributed by atoms with Gasteiger partial charge in [0.1, 0.15) is 5.82 Å². The summed E-state index contributed by atoms with van der Waals surface area (Å²) in [6.07, 6.45) is 1.65. The molecule has 0 N–H and O–H groups in total. The third kappa shape index (κ3) is 2.07. The first-order valence-electron chi connectivity index (χ1n) is 6.31. The Bertz CT molecular complexity index is 806. The molecule has 0 aliphatic rings. The van der Waals surface area contributed by atoms with Gasteiger partial charge in [-0.1, -0.05) is 30.3 Å². The molecule has 3 aromatic rings. The average Bonchev–Trinajstić information content (AvgIpc) is 2.49. The zero-order valence-electron chi connectivity index (χ0n) is 10.9. The van der Waals surface area contributed by atoms with Crippen LogP contribution in [0.4, 0.5) is 4.39 Å². The minimum absolute atomic E-state index is 0.215. The van der Waals surface area contributed by atoms with E-state index in [2.05, 4.69) is 4.98 Å². The molecule has 0 spiro atoms. The van der Waals surface area contributed by atoms with Gasteiger partial charge in [0, 0.05) is 22.7 Å². The summed E-state index contributed by atoms with van der Waals surface area (Å²) in [6.45, 7) is 1.67. The van der Waals surface area contributed by atoms with Crippen molar-refractivity contribution in [3.8, 4) is 0 Å². The molecule has 0 aliphatic heterocycles. The zero-order chi connectivity index (χ0) is 14.1. The predicted molar refractivity (Wildman–Crippen MR) is 76.3 cm³/mol. The molecule has 0 amide bonds. The van der Waals surface area contributed by atoms with E-state index in [9.17, 15) is 9.18 Å². The van der Waals surface area contributed by atoms with Crippen molar-refractivity contribution in [3.63, 3.8) is 0 Å². The van der Waals surface area contributed by atoms with Crippen molar-refractivity contribution < 1.29 is 9.18 Å². The van der Waals surface area contributed by atoms with Crippen molar-refractivity contribution in [1.82, 2.24) is 4.98 Å². The molecule has 2 aromatic carbocycles. The fraction of sp³-hybridized carbons (Fsp3) is 0.0588. The van der Waals surface area contributed by atoms with Gasteiger partial charge in [0.25, 0.3) is 0 Å². The molecule has 0 radical (unpaired) electrons. The molecule has 0 saturated heterocycles. The third-order valence-corrected chi connectivity index (χ3v) is 3.31. The van der Waals surface area contributed by atoms with E-state index in [-0.39, 0.29) is 11.6 Å². The van der Waals surface area contributed by atoms with Gasteiger partial charge in [-0.15, -0.1) is 0 Å². The van der Waals surface area contributed by atoms with E-state index in [1.807, 2.05) is 24.3 Å². The number of ketones is 1. The first-order chi connectivity index (χ1) is 9.66. The molecular formula is C17H12FNO. The summed E-state index contributed by atoms with van der Waals surface area (Å²) >= 11 is 0. The van der Waals surface area contributed by atoms with Crippen molar-refractivity contribution in [3.05, 3.63) is 77.2 Å². The number of hydrogen-bond acceptors (Lipinski definition) is 2. The molecule has 0 unspecified atom stereocenters. The van der Waals surface area contributed by atoms with E-state index >= 15 is 0 Å². The van der Waals surface area contributed by atoms with E-state index < -0.39 is 0 Å². The SMILES string of the molecule is Cc1ccc(C(=O)c2cccc3cccnc23)cc1F. The average molecular weight is 265 g/mol. The molecule has 0 bridgehead atoms. The van der Waals surface area contributed by atoms with E-state index in [4.69, 9.17) is 0 Å². The van der Waals surface area contributed by atoms with Crippen LogP contribution in [0.2, 0.25) is 0 Å². The highest BCUT2D eigenvalue weighted by atomic mass is 19.1.